The number of aryl methyl sites for hydroxylation is 1. The van der Waals surface area contributed by atoms with Gasteiger partial charge in [-0.05, 0) is 42.8 Å². The highest BCUT2D eigenvalue weighted by atomic mass is 16.5. The van der Waals surface area contributed by atoms with Crippen LogP contribution in [-0.4, -0.2) is 18.9 Å². The molecular formula is C16H14N2O3. The van der Waals surface area contributed by atoms with E-state index in [9.17, 15) is 9.59 Å². The summed E-state index contributed by atoms with van der Waals surface area (Å²) in [5.41, 5.74) is 8.11. The molecule has 2 amide bonds. The molecule has 0 unspecified atom stereocenters. The molecule has 0 spiro atoms. The molecule has 2 aromatic carbocycles. The van der Waals surface area contributed by atoms with Crippen LogP contribution in [0.25, 0.3) is 0 Å². The SMILES string of the molecule is COc1ccc(N2C(=O)c3cccc(N)c3C2=O)cc1C. The zero-order valence-electron chi connectivity index (χ0n) is 11.7. The molecule has 0 aliphatic carbocycles. The Morgan fingerprint density at radius 1 is 1.10 bits per heavy atom. The van der Waals surface area contributed by atoms with Crippen molar-refractivity contribution in [2.45, 2.75) is 6.92 Å². The van der Waals surface area contributed by atoms with Crippen LogP contribution in [0.1, 0.15) is 26.3 Å². The summed E-state index contributed by atoms with van der Waals surface area (Å²) in [4.78, 5) is 26.1. The number of hydrogen-bond acceptors (Lipinski definition) is 4. The second-order valence-corrected chi connectivity index (χ2v) is 4.87. The molecule has 2 N–H and O–H groups in total. The number of ether oxygens (including phenoxy) is 1. The van der Waals surface area contributed by atoms with Gasteiger partial charge in [-0.25, -0.2) is 4.90 Å². The molecule has 0 radical (unpaired) electrons. The van der Waals surface area contributed by atoms with E-state index < -0.39 is 5.91 Å². The average Bonchev–Trinajstić information content (AvgIpc) is 2.72. The lowest BCUT2D eigenvalue weighted by Gasteiger charge is -2.15. The molecule has 21 heavy (non-hydrogen) atoms. The van der Waals surface area contributed by atoms with Crippen LogP contribution in [0.3, 0.4) is 0 Å². The molecule has 1 aliphatic heterocycles. The van der Waals surface area contributed by atoms with E-state index in [1.807, 2.05) is 6.92 Å². The molecule has 0 saturated carbocycles. The number of carbonyl (C=O) groups is 2. The minimum Gasteiger partial charge on any atom is -0.496 e. The molecule has 0 aromatic heterocycles. The van der Waals surface area contributed by atoms with E-state index in [2.05, 4.69) is 0 Å². The van der Waals surface area contributed by atoms with Crippen molar-refractivity contribution in [1.29, 1.82) is 0 Å². The molecule has 1 heterocycles. The number of nitrogens with zero attached hydrogens (tertiary/aromatic N) is 1. The second-order valence-electron chi connectivity index (χ2n) is 4.87. The third-order valence-corrected chi connectivity index (χ3v) is 3.58. The monoisotopic (exact) mass is 282 g/mol. The maximum absolute atomic E-state index is 12.5. The van der Waals surface area contributed by atoms with Crippen molar-refractivity contribution in [2.24, 2.45) is 0 Å². The van der Waals surface area contributed by atoms with Crippen LogP contribution < -0.4 is 15.4 Å². The number of imide groups is 1. The summed E-state index contributed by atoms with van der Waals surface area (Å²) in [6, 6.07) is 10.1. The van der Waals surface area contributed by atoms with Crippen molar-refractivity contribution in [3.05, 3.63) is 53.1 Å². The molecule has 0 atom stereocenters. The van der Waals surface area contributed by atoms with Crippen LogP contribution in [-0.2, 0) is 0 Å². The lowest BCUT2D eigenvalue weighted by molar-refractivity contribution is 0.0926. The van der Waals surface area contributed by atoms with Gasteiger partial charge in [-0.3, -0.25) is 9.59 Å². The van der Waals surface area contributed by atoms with E-state index in [-0.39, 0.29) is 11.5 Å². The van der Waals surface area contributed by atoms with Crippen molar-refractivity contribution in [2.75, 3.05) is 17.7 Å². The Bertz CT molecular complexity index is 768. The number of nitrogens with two attached hydrogens (primary N) is 1. The fourth-order valence-electron chi connectivity index (χ4n) is 2.55. The summed E-state index contributed by atoms with van der Waals surface area (Å²) >= 11 is 0. The maximum atomic E-state index is 12.5. The third kappa shape index (κ3) is 1.86. The molecule has 5 heteroatoms. The Morgan fingerprint density at radius 2 is 1.86 bits per heavy atom. The number of carbonyl (C=O) groups excluding carboxylic acids is 2. The molecular weight excluding hydrogens is 268 g/mol. The molecule has 106 valence electrons. The lowest BCUT2D eigenvalue weighted by Crippen LogP contribution is -2.29. The zero-order valence-corrected chi connectivity index (χ0v) is 11.7. The Balaban J connectivity index is 2.10. The summed E-state index contributed by atoms with van der Waals surface area (Å²) in [7, 11) is 1.57. The molecule has 0 bridgehead atoms. The van der Waals surface area contributed by atoms with Crippen LogP contribution in [0.2, 0.25) is 0 Å². The Labute approximate surface area is 121 Å². The normalized spacial score (nSPS) is 13.5. The Morgan fingerprint density at radius 3 is 2.48 bits per heavy atom. The van der Waals surface area contributed by atoms with Gasteiger partial charge in [-0.15, -0.1) is 0 Å². The molecule has 0 fully saturated rings. The minimum absolute atomic E-state index is 0.274. The number of methoxy groups -OCH3 is 1. The van der Waals surface area contributed by atoms with E-state index >= 15 is 0 Å². The number of benzene rings is 2. The maximum Gasteiger partial charge on any atom is 0.268 e. The average molecular weight is 282 g/mol. The van der Waals surface area contributed by atoms with Crippen molar-refractivity contribution in [3.63, 3.8) is 0 Å². The smallest absolute Gasteiger partial charge is 0.268 e. The highest BCUT2D eigenvalue weighted by molar-refractivity contribution is 6.35. The predicted molar refractivity (Wildman–Crippen MR) is 79.7 cm³/mol. The third-order valence-electron chi connectivity index (χ3n) is 3.58. The fourth-order valence-corrected chi connectivity index (χ4v) is 2.55. The van der Waals surface area contributed by atoms with Gasteiger partial charge < -0.3 is 10.5 Å². The number of amides is 2. The Hall–Kier alpha value is -2.82. The molecule has 1 aliphatic rings. The largest absolute Gasteiger partial charge is 0.496 e. The predicted octanol–water partition coefficient (Wildman–Crippen LogP) is 2.39. The van der Waals surface area contributed by atoms with Gasteiger partial charge in [0.2, 0.25) is 0 Å². The zero-order chi connectivity index (χ0) is 15.1. The van der Waals surface area contributed by atoms with Crippen LogP contribution in [0.15, 0.2) is 36.4 Å². The fraction of sp³-hybridized carbons (Fsp3) is 0.125. The number of anilines is 2. The van der Waals surface area contributed by atoms with E-state index in [1.165, 1.54) is 0 Å². The van der Waals surface area contributed by atoms with Gasteiger partial charge >= 0.3 is 0 Å². The first-order valence-electron chi connectivity index (χ1n) is 6.46. The van der Waals surface area contributed by atoms with Gasteiger partial charge in [-0.2, -0.15) is 0 Å². The van der Waals surface area contributed by atoms with E-state index in [0.717, 1.165) is 10.5 Å². The quantitative estimate of drug-likeness (QED) is 0.678. The molecule has 0 saturated heterocycles. The first kappa shape index (κ1) is 13.2. The van der Waals surface area contributed by atoms with Crippen LogP contribution in [0.5, 0.6) is 5.75 Å². The number of rotatable bonds is 2. The second kappa shape index (κ2) is 4.63. The van der Waals surface area contributed by atoms with Crippen molar-refractivity contribution >= 4 is 23.2 Å². The summed E-state index contributed by atoms with van der Waals surface area (Å²) in [5, 5.41) is 0. The topological polar surface area (TPSA) is 72.6 Å². The number of nitrogen functional groups attached to an aromatic ring is 1. The van der Waals surface area contributed by atoms with Gasteiger partial charge in [-0.1, -0.05) is 6.07 Å². The highest BCUT2D eigenvalue weighted by Gasteiger charge is 2.38. The van der Waals surface area contributed by atoms with E-state index in [1.54, 1.807) is 43.5 Å². The first-order chi connectivity index (χ1) is 10.0. The number of fused-ring (bicyclic) bond motifs is 1. The molecule has 2 aromatic rings. The van der Waals surface area contributed by atoms with Gasteiger partial charge in [0.15, 0.2) is 0 Å². The summed E-state index contributed by atoms with van der Waals surface area (Å²) in [6.07, 6.45) is 0. The lowest BCUT2D eigenvalue weighted by atomic mass is 10.1. The minimum atomic E-state index is -0.391. The summed E-state index contributed by atoms with van der Waals surface area (Å²) in [5.74, 6) is -0.0422. The van der Waals surface area contributed by atoms with Gasteiger partial charge in [0, 0.05) is 5.69 Å². The number of hydrogen-bond donors (Lipinski definition) is 1. The van der Waals surface area contributed by atoms with Crippen LogP contribution in [0.4, 0.5) is 11.4 Å². The van der Waals surface area contributed by atoms with E-state index in [0.29, 0.717) is 22.7 Å². The van der Waals surface area contributed by atoms with Gasteiger partial charge in [0.25, 0.3) is 11.8 Å². The summed E-state index contributed by atoms with van der Waals surface area (Å²) in [6.45, 7) is 1.86. The first-order valence-corrected chi connectivity index (χ1v) is 6.46. The van der Waals surface area contributed by atoms with Crippen LogP contribution in [0, 0.1) is 6.92 Å². The highest BCUT2D eigenvalue weighted by Crippen LogP contribution is 2.33. The van der Waals surface area contributed by atoms with E-state index in [4.69, 9.17) is 10.5 Å². The van der Waals surface area contributed by atoms with Gasteiger partial charge in [0.05, 0.1) is 23.9 Å². The standard InChI is InChI=1S/C16H14N2O3/c1-9-8-10(6-7-13(9)21-2)18-15(19)11-4-3-5-12(17)14(11)16(18)20/h3-8H,17H2,1-2H3. The molecule has 5 nitrogen and oxygen atoms in total. The van der Waals surface area contributed by atoms with Gasteiger partial charge in [0.1, 0.15) is 5.75 Å². The van der Waals surface area contributed by atoms with Crippen molar-refractivity contribution < 1.29 is 14.3 Å². The molecule has 3 rings (SSSR count). The summed E-state index contributed by atoms with van der Waals surface area (Å²) < 4.78 is 5.19. The Kier molecular flexibility index (Phi) is 2.90. The van der Waals surface area contributed by atoms with Crippen molar-refractivity contribution in [1.82, 2.24) is 0 Å². The van der Waals surface area contributed by atoms with Crippen LogP contribution >= 0.6 is 0 Å². The van der Waals surface area contributed by atoms with Crippen molar-refractivity contribution in [3.8, 4) is 5.75 Å².